The number of fused-ring (bicyclic) bond motifs is 1. The van der Waals surface area contributed by atoms with Crippen LogP contribution in [0.25, 0.3) is 0 Å². The third kappa shape index (κ3) is 7.25. The second-order valence-electron chi connectivity index (χ2n) is 10.1. The minimum atomic E-state index is -1.96. The number of nitrogens with one attached hydrogen (secondary N) is 2. The van der Waals surface area contributed by atoms with Crippen LogP contribution in [0, 0.1) is 0 Å². The molecule has 0 saturated carbocycles. The number of halogens is 1. The number of anilines is 2. The SMILES string of the molecule is CC(C)Nc1nc([C@@H]2c3ccccc3CN2C(=O)[C@H](O)[C@@H](O)C(=O)N[C@H](C)c2ccc(N(N)/C=C\CI)cc2)cs1. The Morgan fingerprint density at radius 3 is 2.56 bits per heavy atom. The number of allylic oxidation sites excluding steroid dienone is 1. The van der Waals surface area contributed by atoms with Crippen molar-refractivity contribution in [2.24, 2.45) is 5.84 Å². The lowest BCUT2D eigenvalue weighted by atomic mass is 10.0. The number of carbonyl (C=O) groups excluding carboxylic acids is 2. The number of hydrazine groups is 1. The predicted octanol–water partition coefficient (Wildman–Crippen LogP) is 3.62. The summed E-state index contributed by atoms with van der Waals surface area (Å²) in [7, 11) is 0. The maximum absolute atomic E-state index is 13.5. The van der Waals surface area contributed by atoms with Crippen molar-refractivity contribution in [1.29, 1.82) is 0 Å². The lowest BCUT2D eigenvalue weighted by Crippen LogP contribution is -2.50. The molecule has 0 bridgehead atoms. The van der Waals surface area contributed by atoms with Crippen LogP contribution in [-0.2, 0) is 16.1 Å². The van der Waals surface area contributed by atoms with Crippen LogP contribution in [0.2, 0.25) is 0 Å². The number of thiazole rings is 1. The molecule has 3 aromatic rings. The number of aliphatic hydroxyl groups is 2. The van der Waals surface area contributed by atoms with Crippen molar-refractivity contribution in [1.82, 2.24) is 15.2 Å². The third-order valence-electron chi connectivity index (χ3n) is 6.73. The Labute approximate surface area is 257 Å². The average Bonchev–Trinajstić information content (AvgIpc) is 3.58. The van der Waals surface area contributed by atoms with Gasteiger partial charge >= 0.3 is 0 Å². The predicted molar refractivity (Wildman–Crippen MR) is 169 cm³/mol. The molecule has 0 spiro atoms. The van der Waals surface area contributed by atoms with Crippen molar-refractivity contribution < 1.29 is 19.8 Å². The summed E-state index contributed by atoms with van der Waals surface area (Å²) in [5, 5.41) is 31.7. The van der Waals surface area contributed by atoms with Crippen molar-refractivity contribution in [3.8, 4) is 0 Å². The zero-order valence-electron chi connectivity index (χ0n) is 23.1. The summed E-state index contributed by atoms with van der Waals surface area (Å²) >= 11 is 3.66. The molecule has 218 valence electrons. The fourth-order valence-corrected chi connectivity index (χ4v) is 5.75. The summed E-state index contributed by atoms with van der Waals surface area (Å²) in [5.74, 6) is 4.41. The molecule has 1 aliphatic heterocycles. The van der Waals surface area contributed by atoms with E-state index in [1.54, 1.807) is 13.1 Å². The van der Waals surface area contributed by atoms with Crippen LogP contribution in [0.1, 0.15) is 55.2 Å². The van der Waals surface area contributed by atoms with Gasteiger partial charge in [0.1, 0.15) is 6.04 Å². The van der Waals surface area contributed by atoms with E-state index >= 15 is 0 Å². The molecule has 41 heavy (non-hydrogen) atoms. The molecule has 0 radical (unpaired) electrons. The number of aromatic nitrogens is 1. The minimum Gasteiger partial charge on any atom is -0.380 e. The van der Waals surface area contributed by atoms with Crippen molar-refractivity contribution >= 4 is 56.6 Å². The fraction of sp³-hybridized carbons (Fsp3) is 0.345. The Hall–Kier alpha value is -3.04. The Bertz CT molecular complexity index is 1380. The van der Waals surface area contributed by atoms with Crippen molar-refractivity contribution in [2.75, 3.05) is 14.8 Å². The molecule has 0 saturated heterocycles. The van der Waals surface area contributed by atoms with Crippen LogP contribution in [0.5, 0.6) is 0 Å². The van der Waals surface area contributed by atoms with Gasteiger partial charge in [0.05, 0.1) is 17.4 Å². The number of hydrogen-bond acceptors (Lipinski definition) is 9. The van der Waals surface area contributed by atoms with E-state index in [1.165, 1.54) is 21.2 Å². The quantitative estimate of drug-likeness (QED) is 0.0889. The summed E-state index contributed by atoms with van der Waals surface area (Å²) in [6, 6.07) is 14.0. The van der Waals surface area contributed by atoms with Crippen LogP contribution < -0.4 is 21.5 Å². The molecular weight excluding hydrogens is 655 g/mol. The van der Waals surface area contributed by atoms with E-state index < -0.39 is 36.1 Å². The van der Waals surface area contributed by atoms with Crippen LogP contribution in [0.3, 0.4) is 0 Å². The Morgan fingerprint density at radius 2 is 1.88 bits per heavy atom. The number of amides is 2. The molecule has 2 amide bonds. The highest BCUT2D eigenvalue weighted by atomic mass is 127. The molecule has 4 rings (SSSR count). The van der Waals surface area contributed by atoms with Crippen molar-refractivity contribution in [3.05, 3.63) is 88.6 Å². The van der Waals surface area contributed by atoms with E-state index in [9.17, 15) is 19.8 Å². The van der Waals surface area contributed by atoms with Crippen LogP contribution in [0.15, 0.2) is 66.2 Å². The Kier molecular flexibility index (Phi) is 10.4. The zero-order valence-corrected chi connectivity index (χ0v) is 26.0. The molecule has 1 aliphatic rings. The van der Waals surface area contributed by atoms with E-state index in [2.05, 4.69) is 38.2 Å². The van der Waals surface area contributed by atoms with E-state index in [1.807, 2.05) is 73.8 Å². The first-order valence-corrected chi connectivity index (χ1v) is 15.6. The molecule has 6 N–H and O–H groups in total. The molecule has 0 unspecified atom stereocenters. The highest BCUT2D eigenvalue weighted by molar-refractivity contribution is 14.1. The number of nitrogens with two attached hydrogens (primary N) is 1. The number of benzene rings is 2. The standard InChI is InChI=1S/C29H35IN6O4S/c1-17(2)32-29-34-23(16-41-29)24-22-8-5-4-7-20(22)15-35(24)28(40)26(38)25(37)27(39)33-18(3)19-9-11-21(12-10-19)36(31)14-6-13-30/h4-12,14,16-18,24-26,37-38H,13,15,31H2,1-3H3,(H,32,34)(H,33,39)/b14-6-/t18-,24+,25-,26-/m1/s1. The first-order valence-electron chi connectivity index (χ1n) is 13.2. The minimum absolute atomic E-state index is 0.191. The third-order valence-corrected chi connectivity index (χ3v) is 8.03. The summed E-state index contributed by atoms with van der Waals surface area (Å²) in [6.45, 7) is 6.01. The van der Waals surface area contributed by atoms with Crippen molar-refractivity contribution in [3.63, 3.8) is 0 Å². The van der Waals surface area contributed by atoms with Gasteiger partial charge < -0.3 is 25.7 Å². The van der Waals surface area contributed by atoms with E-state index in [0.29, 0.717) is 5.69 Å². The molecule has 2 heterocycles. The van der Waals surface area contributed by atoms with Crippen LogP contribution >= 0.6 is 33.9 Å². The molecule has 4 atom stereocenters. The second kappa shape index (κ2) is 13.7. The molecule has 10 nitrogen and oxygen atoms in total. The normalized spacial score (nSPS) is 16.9. The van der Waals surface area contributed by atoms with Crippen molar-refractivity contribution in [2.45, 2.75) is 57.6 Å². The topological polar surface area (TPSA) is 144 Å². The molecular formula is C29H35IN6O4S. The monoisotopic (exact) mass is 690 g/mol. The number of alkyl halides is 1. The van der Waals surface area contributed by atoms with E-state index in [4.69, 9.17) is 5.84 Å². The smallest absolute Gasteiger partial charge is 0.255 e. The average molecular weight is 691 g/mol. The zero-order chi connectivity index (χ0) is 29.7. The van der Waals surface area contributed by atoms with E-state index in [-0.39, 0.29) is 12.6 Å². The number of rotatable bonds is 11. The maximum atomic E-state index is 13.5. The van der Waals surface area contributed by atoms with Gasteiger partial charge in [0, 0.05) is 28.6 Å². The van der Waals surface area contributed by atoms with E-state index in [0.717, 1.165) is 31.9 Å². The Morgan fingerprint density at radius 1 is 1.17 bits per heavy atom. The van der Waals surface area contributed by atoms with Gasteiger partial charge in [-0.25, -0.2) is 10.8 Å². The highest BCUT2D eigenvalue weighted by Crippen LogP contribution is 2.40. The lowest BCUT2D eigenvalue weighted by molar-refractivity contribution is -0.154. The number of carbonyl (C=O) groups is 2. The summed E-state index contributed by atoms with van der Waals surface area (Å²) in [5.41, 5.74) is 4.00. The van der Waals surface area contributed by atoms with Gasteiger partial charge in [-0.3, -0.25) is 14.6 Å². The van der Waals surface area contributed by atoms with Crippen LogP contribution in [-0.4, -0.2) is 54.6 Å². The van der Waals surface area contributed by atoms with Gasteiger partial charge in [-0.15, -0.1) is 11.3 Å². The molecule has 1 aromatic heterocycles. The van der Waals surface area contributed by atoms with Gasteiger partial charge in [-0.05, 0) is 49.6 Å². The number of nitrogens with zero attached hydrogens (tertiary/aromatic N) is 3. The van der Waals surface area contributed by atoms with Crippen LogP contribution in [0.4, 0.5) is 10.8 Å². The largest absolute Gasteiger partial charge is 0.380 e. The van der Waals surface area contributed by atoms with Gasteiger partial charge in [0.25, 0.3) is 11.8 Å². The molecule has 0 fully saturated rings. The lowest BCUT2D eigenvalue weighted by Gasteiger charge is -2.28. The molecule has 0 aliphatic carbocycles. The summed E-state index contributed by atoms with van der Waals surface area (Å²) < 4.78 is 0.830. The molecule has 2 aromatic carbocycles. The fourth-order valence-electron chi connectivity index (χ4n) is 4.64. The van der Waals surface area contributed by atoms with Gasteiger partial charge in [0.2, 0.25) is 0 Å². The first-order chi connectivity index (χ1) is 19.6. The summed E-state index contributed by atoms with van der Waals surface area (Å²) in [4.78, 5) is 32.6. The summed E-state index contributed by atoms with van der Waals surface area (Å²) in [6.07, 6.45) is -0.225. The Balaban J connectivity index is 1.45. The number of hydrogen-bond donors (Lipinski definition) is 5. The van der Waals surface area contributed by atoms with Gasteiger partial charge in [0.15, 0.2) is 17.3 Å². The molecule has 12 heteroatoms. The highest BCUT2D eigenvalue weighted by Gasteiger charge is 2.41. The maximum Gasteiger partial charge on any atom is 0.255 e. The van der Waals surface area contributed by atoms with Gasteiger partial charge in [-0.2, -0.15) is 0 Å². The number of aliphatic hydroxyl groups excluding tert-OH is 2. The second-order valence-corrected chi connectivity index (χ2v) is 11.8. The van der Waals surface area contributed by atoms with Gasteiger partial charge in [-0.1, -0.05) is 65.1 Å². The first kappa shape index (κ1) is 30.9.